The molecule has 1 N–H and O–H groups in total. The number of nitrogens with one attached hydrogen (secondary N) is 1. The van der Waals surface area contributed by atoms with Gasteiger partial charge in [0.05, 0.1) is 0 Å². The van der Waals surface area contributed by atoms with Gasteiger partial charge in [-0.1, -0.05) is 63.7 Å². The third kappa shape index (κ3) is 5.60. The maximum Gasteiger partial charge on any atom is 0.152 e. The SMILES string of the molecule is C[B]c1ccc(SN2CCc3cc(CC)c(CCC)cc3C2CCc2c[nH]c3ccc(CC)cc23)cc1F. The summed E-state index contributed by atoms with van der Waals surface area (Å²) in [5, 5.41) is 1.35. The molecule has 1 radical (unpaired) electrons. The second kappa shape index (κ2) is 12.1. The van der Waals surface area contributed by atoms with Gasteiger partial charge < -0.3 is 4.98 Å². The highest BCUT2D eigenvalue weighted by Crippen LogP contribution is 2.41. The Morgan fingerprint density at radius 3 is 2.58 bits per heavy atom. The Balaban J connectivity index is 1.48. The second-order valence-corrected chi connectivity index (χ2v) is 11.6. The van der Waals surface area contributed by atoms with Crippen molar-refractivity contribution in [1.82, 2.24) is 9.29 Å². The molecule has 3 aromatic carbocycles. The molecule has 1 atom stereocenters. The molecule has 0 saturated heterocycles. The van der Waals surface area contributed by atoms with Gasteiger partial charge in [0.1, 0.15) is 5.82 Å². The molecule has 1 unspecified atom stereocenters. The quantitative estimate of drug-likeness (QED) is 0.167. The van der Waals surface area contributed by atoms with E-state index in [0.29, 0.717) is 5.46 Å². The van der Waals surface area contributed by atoms with E-state index in [4.69, 9.17) is 0 Å². The highest BCUT2D eigenvalue weighted by atomic mass is 32.2. The van der Waals surface area contributed by atoms with E-state index in [1.54, 1.807) is 18.0 Å². The Bertz CT molecular complexity index is 1410. The highest BCUT2D eigenvalue weighted by Gasteiger charge is 2.29. The first-order chi connectivity index (χ1) is 18.5. The summed E-state index contributed by atoms with van der Waals surface area (Å²) in [7, 11) is 1.83. The number of halogens is 1. The number of benzene rings is 3. The first-order valence-corrected chi connectivity index (χ1v) is 15.1. The lowest BCUT2D eigenvalue weighted by molar-refractivity contribution is 0.322. The highest BCUT2D eigenvalue weighted by molar-refractivity contribution is 7.97. The molecule has 2 nitrogen and oxygen atoms in total. The van der Waals surface area contributed by atoms with Crippen molar-refractivity contribution < 1.29 is 4.39 Å². The van der Waals surface area contributed by atoms with Crippen molar-refractivity contribution in [3.8, 4) is 0 Å². The summed E-state index contributed by atoms with van der Waals surface area (Å²) in [5.41, 5.74) is 10.6. The van der Waals surface area contributed by atoms with Crippen LogP contribution < -0.4 is 5.46 Å². The first kappa shape index (κ1) is 27.1. The molecule has 0 fully saturated rings. The summed E-state index contributed by atoms with van der Waals surface area (Å²) in [6, 6.07) is 17.7. The molecule has 1 aromatic heterocycles. The minimum absolute atomic E-state index is 0.144. The summed E-state index contributed by atoms with van der Waals surface area (Å²) in [6.07, 6.45) is 9.68. The van der Waals surface area contributed by atoms with Gasteiger partial charge in [0, 0.05) is 34.6 Å². The summed E-state index contributed by atoms with van der Waals surface area (Å²) >= 11 is 1.72. The third-order valence-electron chi connectivity index (χ3n) is 8.10. The predicted octanol–water partition coefficient (Wildman–Crippen LogP) is 8.00. The van der Waals surface area contributed by atoms with Crippen LogP contribution in [0.25, 0.3) is 10.9 Å². The monoisotopic (exact) mass is 525 g/mol. The fourth-order valence-electron chi connectivity index (χ4n) is 5.95. The summed E-state index contributed by atoms with van der Waals surface area (Å²) in [6.45, 7) is 9.61. The van der Waals surface area contributed by atoms with Crippen LogP contribution in [0.2, 0.25) is 6.82 Å². The molecule has 4 aromatic rings. The number of aryl methyl sites for hydroxylation is 4. The van der Waals surface area contributed by atoms with Crippen LogP contribution >= 0.6 is 11.9 Å². The average Bonchev–Trinajstić information content (AvgIpc) is 3.34. The molecule has 0 bridgehead atoms. The fraction of sp³-hybridized carbons (Fsp3) is 0.394. The number of hydrogen-bond acceptors (Lipinski definition) is 2. The van der Waals surface area contributed by atoms with Crippen molar-refractivity contribution in [3.05, 3.63) is 93.9 Å². The van der Waals surface area contributed by atoms with Gasteiger partial charge in [0.2, 0.25) is 0 Å². The van der Waals surface area contributed by atoms with Crippen LogP contribution in [-0.2, 0) is 32.1 Å². The molecule has 0 aliphatic carbocycles. The van der Waals surface area contributed by atoms with E-state index in [9.17, 15) is 4.39 Å². The van der Waals surface area contributed by atoms with E-state index in [2.05, 4.69) is 72.7 Å². The second-order valence-electron chi connectivity index (χ2n) is 10.5. The number of aromatic nitrogens is 1. The van der Waals surface area contributed by atoms with Crippen molar-refractivity contribution in [1.29, 1.82) is 0 Å². The summed E-state index contributed by atoms with van der Waals surface area (Å²) in [5.74, 6) is -0.144. The molecule has 197 valence electrons. The van der Waals surface area contributed by atoms with E-state index in [1.807, 2.05) is 20.2 Å². The average molecular weight is 526 g/mol. The summed E-state index contributed by atoms with van der Waals surface area (Å²) in [4.78, 5) is 4.46. The number of H-pyrrole nitrogens is 1. The largest absolute Gasteiger partial charge is 0.361 e. The van der Waals surface area contributed by atoms with E-state index < -0.39 is 0 Å². The van der Waals surface area contributed by atoms with Gasteiger partial charge >= 0.3 is 0 Å². The Morgan fingerprint density at radius 2 is 1.84 bits per heavy atom. The van der Waals surface area contributed by atoms with Gasteiger partial charge in [-0.2, -0.15) is 0 Å². The predicted molar refractivity (Wildman–Crippen MR) is 162 cm³/mol. The molecule has 0 amide bonds. The molecule has 0 saturated carbocycles. The van der Waals surface area contributed by atoms with Gasteiger partial charge in [-0.05, 0) is 108 Å². The van der Waals surface area contributed by atoms with Gasteiger partial charge in [0.25, 0.3) is 0 Å². The van der Waals surface area contributed by atoms with Crippen LogP contribution in [0.15, 0.2) is 59.6 Å². The van der Waals surface area contributed by atoms with Crippen LogP contribution in [0.3, 0.4) is 0 Å². The first-order valence-electron chi connectivity index (χ1n) is 14.3. The Labute approximate surface area is 232 Å². The van der Waals surface area contributed by atoms with Crippen molar-refractivity contribution in [2.45, 2.75) is 83.5 Å². The van der Waals surface area contributed by atoms with Crippen LogP contribution in [0.5, 0.6) is 0 Å². The van der Waals surface area contributed by atoms with E-state index in [0.717, 1.165) is 56.4 Å². The van der Waals surface area contributed by atoms with Gasteiger partial charge in [0.15, 0.2) is 7.28 Å². The van der Waals surface area contributed by atoms with Gasteiger partial charge in [-0.3, -0.25) is 0 Å². The maximum absolute atomic E-state index is 14.6. The summed E-state index contributed by atoms with van der Waals surface area (Å²) < 4.78 is 17.2. The molecular weight excluding hydrogens is 486 g/mol. The molecule has 1 aliphatic heterocycles. The zero-order valence-corrected chi connectivity index (χ0v) is 24.1. The van der Waals surface area contributed by atoms with Crippen LogP contribution in [0, 0.1) is 5.82 Å². The van der Waals surface area contributed by atoms with Crippen LogP contribution in [0.4, 0.5) is 4.39 Å². The fourth-order valence-corrected chi connectivity index (χ4v) is 7.03. The minimum Gasteiger partial charge on any atom is -0.361 e. The number of fused-ring (bicyclic) bond motifs is 2. The Morgan fingerprint density at radius 1 is 0.974 bits per heavy atom. The van der Waals surface area contributed by atoms with E-state index >= 15 is 0 Å². The lowest BCUT2D eigenvalue weighted by Crippen LogP contribution is -2.31. The standard InChI is InChI=1S/C33H39BFN2S/c1-5-8-24-19-29-25(18-23(24)7-3)15-16-37(38-27-11-12-30(34-4)31(35)20-27)33(29)14-10-26-21-36-32-13-9-22(6-2)17-28(26)32/h9,11-13,17-21,33,36H,5-8,10,14-16H2,1-4H3. The number of aromatic amines is 1. The van der Waals surface area contributed by atoms with E-state index in [-0.39, 0.29) is 11.9 Å². The van der Waals surface area contributed by atoms with Crippen molar-refractivity contribution >= 4 is 35.6 Å². The van der Waals surface area contributed by atoms with Crippen molar-refractivity contribution in [3.63, 3.8) is 0 Å². The lowest BCUT2D eigenvalue weighted by atomic mass is 9.73. The number of nitrogens with zero attached hydrogens (tertiary/aromatic N) is 1. The normalized spacial score (nSPS) is 15.7. The third-order valence-corrected chi connectivity index (χ3v) is 9.24. The molecule has 5 rings (SSSR count). The molecule has 1 aliphatic rings. The molecular formula is C33H39BFN2S. The van der Waals surface area contributed by atoms with Crippen molar-refractivity contribution in [2.24, 2.45) is 0 Å². The van der Waals surface area contributed by atoms with Gasteiger partial charge in [-0.15, -0.1) is 0 Å². The Kier molecular flexibility index (Phi) is 8.65. The Hall–Kier alpha value is -2.50. The van der Waals surface area contributed by atoms with E-state index in [1.165, 1.54) is 44.3 Å². The molecule has 2 heterocycles. The zero-order valence-electron chi connectivity index (χ0n) is 23.2. The number of rotatable bonds is 10. The minimum atomic E-state index is -0.144. The lowest BCUT2D eigenvalue weighted by Gasteiger charge is -2.37. The van der Waals surface area contributed by atoms with Crippen LogP contribution in [0.1, 0.15) is 73.0 Å². The molecule has 38 heavy (non-hydrogen) atoms. The zero-order chi connectivity index (χ0) is 26.6. The maximum atomic E-state index is 14.6. The van der Waals surface area contributed by atoms with Gasteiger partial charge in [-0.25, -0.2) is 8.70 Å². The topological polar surface area (TPSA) is 19.0 Å². The molecule has 0 spiro atoms. The van der Waals surface area contributed by atoms with Crippen LogP contribution in [-0.4, -0.2) is 23.1 Å². The number of hydrogen-bond donors (Lipinski definition) is 1. The smallest absolute Gasteiger partial charge is 0.152 e. The van der Waals surface area contributed by atoms with Crippen molar-refractivity contribution in [2.75, 3.05) is 6.54 Å². The molecule has 5 heteroatoms.